The van der Waals surface area contributed by atoms with E-state index >= 15 is 0 Å². The van der Waals surface area contributed by atoms with E-state index in [9.17, 15) is 17.6 Å². The highest BCUT2D eigenvalue weighted by atomic mass is 79.9. The summed E-state index contributed by atoms with van der Waals surface area (Å²) in [7, 11) is 0. The maximum Gasteiger partial charge on any atom is 0.573 e. The molecule has 0 heterocycles. The number of rotatable bonds is 1. The zero-order valence-electron chi connectivity index (χ0n) is 6.95. The van der Waals surface area contributed by atoms with E-state index in [1.807, 2.05) is 0 Å². The van der Waals surface area contributed by atoms with Gasteiger partial charge in [0.1, 0.15) is 11.6 Å². The van der Waals surface area contributed by atoms with Crippen LogP contribution in [0.1, 0.15) is 5.56 Å². The van der Waals surface area contributed by atoms with Crippen molar-refractivity contribution in [2.45, 2.75) is 13.3 Å². The number of hydrogen-bond acceptors (Lipinski definition) is 1. The highest BCUT2D eigenvalue weighted by molar-refractivity contribution is 9.10. The lowest BCUT2D eigenvalue weighted by Gasteiger charge is -2.11. The molecule has 0 aliphatic rings. The van der Waals surface area contributed by atoms with Crippen LogP contribution in [0.4, 0.5) is 17.6 Å². The summed E-state index contributed by atoms with van der Waals surface area (Å²) in [6.45, 7) is 1.21. The van der Waals surface area contributed by atoms with Crippen LogP contribution in [-0.2, 0) is 0 Å². The highest BCUT2D eigenvalue weighted by Gasteiger charge is 2.32. The molecule has 6 heteroatoms. The maximum atomic E-state index is 13.1. The quantitative estimate of drug-likeness (QED) is 0.707. The Morgan fingerprint density at radius 2 is 1.86 bits per heavy atom. The summed E-state index contributed by atoms with van der Waals surface area (Å²) in [6, 6.07) is 2.21. The Balaban J connectivity index is 3.06. The lowest BCUT2D eigenvalue weighted by molar-refractivity contribution is -0.274. The fraction of sp³-hybridized carbons (Fsp3) is 0.250. The third-order valence-electron chi connectivity index (χ3n) is 1.52. The Morgan fingerprint density at radius 3 is 2.36 bits per heavy atom. The van der Waals surface area contributed by atoms with E-state index in [2.05, 4.69) is 20.7 Å². The molecule has 78 valence electrons. The van der Waals surface area contributed by atoms with E-state index in [0.29, 0.717) is 0 Å². The molecule has 14 heavy (non-hydrogen) atoms. The average molecular weight is 273 g/mol. The van der Waals surface area contributed by atoms with Gasteiger partial charge in [0.05, 0.1) is 4.47 Å². The van der Waals surface area contributed by atoms with Gasteiger partial charge in [-0.2, -0.15) is 0 Å². The third kappa shape index (κ3) is 2.60. The maximum absolute atomic E-state index is 13.1. The lowest BCUT2D eigenvalue weighted by Crippen LogP contribution is -2.18. The van der Waals surface area contributed by atoms with E-state index in [4.69, 9.17) is 0 Å². The summed E-state index contributed by atoms with van der Waals surface area (Å²) in [4.78, 5) is 0. The van der Waals surface area contributed by atoms with Gasteiger partial charge < -0.3 is 4.74 Å². The van der Waals surface area contributed by atoms with Crippen LogP contribution in [0.15, 0.2) is 16.6 Å². The molecule has 0 bridgehead atoms. The van der Waals surface area contributed by atoms with Crippen molar-refractivity contribution in [2.75, 3.05) is 0 Å². The van der Waals surface area contributed by atoms with Gasteiger partial charge in [-0.15, -0.1) is 13.2 Å². The number of benzene rings is 1. The van der Waals surface area contributed by atoms with Crippen LogP contribution in [-0.4, -0.2) is 6.36 Å². The number of halogens is 5. The van der Waals surface area contributed by atoms with Gasteiger partial charge in [0.15, 0.2) is 0 Å². The molecule has 0 aromatic heterocycles. The third-order valence-corrected chi connectivity index (χ3v) is 2.13. The second-order valence-electron chi connectivity index (χ2n) is 2.53. The van der Waals surface area contributed by atoms with Crippen molar-refractivity contribution >= 4 is 15.9 Å². The Hall–Kier alpha value is -0.780. The van der Waals surface area contributed by atoms with Gasteiger partial charge in [-0.3, -0.25) is 0 Å². The van der Waals surface area contributed by atoms with E-state index < -0.39 is 17.9 Å². The first-order valence-electron chi connectivity index (χ1n) is 3.51. The van der Waals surface area contributed by atoms with Gasteiger partial charge in [0.25, 0.3) is 0 Å². The second-order valence-corrected chi connectivity index (χ2v) is 3.39. The van der Waals surface area contributed by atoms with E-state index in [-0.39, 0.29) is 10.0 Å². The van der Waals surface area contributed by atoms with Crippen molar-refractivity contribution in [3.8, 4) is 5.75 Å². The summed E-state index contributed by atoms with van der Waals surface area (Å²) in [5.41, 5.74) is -0.184. The molecular formula is C8H5BrF4O. The normalized spacial score (nSPS) is 11.6. The first kappa shape index (κ1) is 11.3. The molecule has 0 amide bonds. The van der Waals surface area contributed by atoms with Crippen molar-refractivity contribution in [1.29, 1.82) is 0 Å². The molecule has 0 N–H and O–H groups in total. The smallest absolute Gasteiger partial charge is 0.405 e. The minimum absolute atomic E-state index is 0.101. The van der Waals surface area contributed by atoms with E-state index in [0.717, 1.165) is 12.1 Å². The molecule has 1 aromatic rings. The Labute approximate surface area is 85.8 Å². The Bertz CT molecular complexity index is 348. The molecule has 0 aliphatic carbocycles. The van der Waals surface area contributed by atoms with Gasteiger partial charge in [-0.25, -0.2) is 4.39 Å². The fourth-order valence-electron chi connectivity index (χ4n) is 0.870. The molecule has 1 nitrogen and oxygen atoms in total. The van der Waals surface area contributed by atoms with Crippen molar-refractivity contribution < 1.29 is 22.3 Å². The molecule has 0 saturated carbocycles. The van der Waals surface area contributed by atoms with Crippen molar-refractivity contribution in [3.05, 3.63) is 28.0 Å². The minimum atomic E-state index is -4.80. The van der Waals surface area contributed by atoms with Gasteiger partial charge in [0.2, 0.25) is 0 Å². The molecule has 0 saturated heterocycles. The number of hydrogen-bond donors (Lipinski definition) is 0. The molecule has 0 spiro atoms. The molecule has 0 unspecified atom stereocenters. The SMILES string of the molecule is Cc1c(OC(F)(F)F)ccc(Br)c1F. The summed E-state index contributed by atoms with van der Waals surface area (Å²) in [6.07, 6.45) is -4.80. The molecule has 0 radical (unpaired) electrons. The van der Waals surface area contributed by atoms with Gasteiger partial charge >= 0.3 is 6.36 Å². The average Bonchev–Trinajstić information content (AvgIpc) is 2.04. The Morgan fingerprint density at radius 1 is 1.29 bits per heavy atom. The largest absolute Gasteiger partial charge is 0.573 e. The molecule has 1 aromatic carbocycles. The first-order valence-corrected chi connectivity index (χ1v) is 4.31. The molecular weight excluding hydrogens is 268 g/mol. The summed E-state index contributed by atoms with van der Waals surface area (Å²) < 4.78 is 52.2. The zero-order valence-corrected chi connectivity index (χ0v) is 8.54. The zero-order chi connectivity index (χ0) is 10.9. The molecule has 0 aliphatic heterocycles. The number of alkyl halides is 3. The van der Waals surface area contributed by atoms with E-state index in [1.165, 1.54) is 6.92 Å². The minimum Gasteiger partial charge on any atom is -0.405 e. The van der Waals surface area contributed by atoms with Crippen LogP contribution in [0.3, 0.4) is 0 Å². The standard InChI is InChI=1S/C8H5BrF4O/c1-4-6(14-8(11,12)13)3-2-5(9)7(4)10/h2-3H,1H3. The summed E-state index contributed by atoms with van der Waals surface area (Å²) in [5, 5.41) is 0. The van der Waals surface area contributed by atoms with Gasteiger partial charge in [-0.1, -0.05) is 0 Å². The van der Waals surface area contributed by atoms with E-state index in [1.54, 1.807) is 0 Å². The Kier molecular flexibility index (Phi) is 3.04. The topological polar surface area (TPSA) is 9.23 Å². The predicted molar refractivity (Wildman–Crippen MR) is 45.5 cm³/mol. The van der Waals surface area contributed by atoms with Crippen LogP contribution in [0.5, 0.6) is 5.75 Å². The predicted octanol–water partition coefficient (Wildman–Crippen LogP) is 3.80. The van der Waals surface area contributed by atoms with Crippen molar-refractivity contribution in [2.24, 2.45) is 0 Å². The lowest BCUT2D eigenvalue weighted by atomic mass is 10.2. The molecule has 1 rings (SSSR count). The first-order chi connectivity index (χ1) is 6.31. The van der Waals surface area contributed by atoms with Crippen LogP contribution >= 0.6 is 15.9 Å². The number of ether oxygens (including phenoxy) is 1. The van der Waals surface area contributed by atoms with Crippen LogP contribution in [0.2, 0.25) is 0 Å². The summed E-state index contributed by atoms with van der Waals surface area (Å²) >= 11 is 2.85. The van der Waals surface area contributed by atoms with Gasteiger partial charge in [0, 0.05) is 5.56 Å². The highest BCUT2D eigenvalue weighted by Crippen LogP contribution is 2.30. The van der Waals surface area contributed by atoms with Crippen LogP contribution < -0.4 is 4.74 Å². The van der Waals surface area contributed by atoms with Crippen molar-refractivity contribution in [3.63, 3.8) is 0 Å². The monoisotopic (exact) mass is 272 g/mol. The molecule has 0 atom stereocenters. The van der Waals surface area contributed by atoms with Gasteiger partial charge in [-0.05, 0) is 35.0 Å². The van der Waals surface area contributed by atoms with Crippen LogP contribution in [0, 0.1) is 12.7 Å². The summed E-state index contributed by atoms with van der Waals surface area (Å²) in [5.74, 6) is -1.29. The van der Waals surface area contributed by atoms with Crippen LogP contribution in [0.25, 0.3) is 0 Å². The second kappa shape index (κ2) is 3.76. The van der Waals surface area contributed by atoms with Crippen molar-refractivity contribution in [1.82, 2.24) is 0 Å². The molecule has 0 fully saturated rings. The fourth-order valence-corrected chi connectivity index (χ4v) is 1.30.